The van der Waals surface area contributed by atoms with Crippen molar-refractivity contribution in [1.29, 1.82) is 0 Å². The monoisotopic (exact) mass is 303 g/mol. The van der Waals surface area contributed by atoms with Crippen molar-refractivity contribution in [2.24, 2.45) is 0 Å². The zero-order chi connectivity index (χ0) is 15.2. The Hall–Kier alpha value is -0.900. The molecular formula is C19H29NO2. The number of nitrogens with zero attached hydrogens (tertiary/aromatic N) is 1. The number of benzene rings is 1. The maximum absolute atomic E-state index is 10.3. The summed E-state index contributed by atoms with van der Waals surface area (Å²) in [6, 6.07) is 8.59. The van der Waals surface area contributed by atoms with Crippen LogP contribution in [-0.2, 0) is 11.2 Å². The van der Waals surface area contributed by atoms with Gasteiger partial charge < -0.3 is 14.7 Å². The second kappa shape index (κ2) is 8.09. The first-order chi connectivity index (χ1) is 10.8. The Kier molecular flexibility index (Phi) is 5.88. The minimum atomic E-state index is -0.368. The molecule has 0 spiro atoms. The lowest BCUT2D eigenvalue weighted by molar-refractivity contribution is -0.0278. The molecular weight excluding hydrogens is 274 g/mol. The summed E-state index contributed by atoms with van der Waals surface area (Å²) < 4.78 is 6.07. The summed E-state index contributed by atoms with van der Waals surface area (Å²) in [5.41, 5.74) is 2.75. The number of fused-ring (bicyclic) bond motifs is 1. The van der Waals surface area contributed by atoms with E-state index in [1.165, 1.54) is 43.2 Å². The van der Waals surface area contributed by atoms with Gasteiger partial charge in [-0.25, -0.2) is 0 Å². The lowest BCUT2D eigenvalue weighted by Crippen LogP contribution is -2.36. The van der Waals surface area contributed by atoms with Crippen molar-refractivity contribution in [3.63, 3.8) is 0 Å². The zero-order valence-corrected chi connectivity index (χ0v) is 13.5. The van der Waals surface area contributed by atoms with E-state index in [-0.39, 0.29) is 12.2 Å². The van der Waals surface area contributed by atoms with Crippen molar-refractivity contribution in [3.8, 4) is 0 Å². The molecule has 0 unspecified atom stereocenters. The van der Waals surface area contributed by atoms with Gasteiger partial charge in [0.25, 0.3) is 0 Å². The van der Waals surface area contributed by atoms with E-state index in [9.17, 15) is 5.11 Å². The molecule has 0 radical (unpaired) electrons. The van der Waals surface area contributed by atoms with E-state index in [2.05, 4.69) is 29.2 Å². The van der Waals surface area contributed by atoms with Crippen LogP contribution in [0.5, 0.6) is 0 Å². The molecule has 1 aromatic rings. The predicted molar refractivity (Wildman–Crippen MR) is 89.0 cm³/mol. The van der Waals surface area contributed by atoms with Gasteiger partial charge in [0.1, 0.15) is 0 Å². The molecule has 1 heterocycles. The van der Waals surface area contributed by atoms with E-state index < -0.39 is 0 Å². The Morgan fingerprint density at radius 3 is 2.68 bits per heavy atom. The van der Waals surface area contributed by atoms with Crippen molar-refractivity contribution in [3.05, 3.63) is 35.4 Å². The van der Waals surface area contributed by atoms with Crippen LogP contribution >= 0.6 is 0 Å². The van der Waals surface area contributed by atoms with E-state index in [0.717, 1.165) is 32.5 Å². The normalized spacial score (nSPS) is 24.5. The van der Waals surface area contributed by atoms with Crippen LogP contribution in [0.2, 0.25) is 0 Å². The minimum Gasteiger partial charge on any atom is -0.389 e. The first kappa shape index (κ1) is 16.0. The molecule has 2 atom stereocenters. The van der Waals surface area contributed by atoms with E-state index in [0.29, 0.717) is 6.61 Å². The average molecular weight is 303 g/mol. The fraction of sp³-hybridized carbons (Fsp3) is 0.684. The molecule has 0 aromatic heterocycles. The van der Waals surface area contributed by atoms with Crippen LogP contribution < -0.4 is 0 Å². The third-order valence-electron chi connectivity index (χ3n) is 4.97. The molecule has 3 nitrogen and oxygen atoms in total. The summed E-state index contributed by atoms with van der Waals surface area (Å²) >= 11 is 0. The zero-order valence-electron chi connectivity index (χ0n) is 13.5. The highest BCUT2D eigenvalue weighted by Gasteiger charge is 2.22. The lowest BCUT2D eigenvalue weighted by Gasteiger charge is -2.28. The molecule has 3 heteroatoms. The summed E-state index contributed by atoms with van der Waals surface area (Å²) in [4.78, 5) is 2.40. The minimum absolute atomic E-state index is 0.170. The number of aliphatic hydroxyl groups is 1. The number of hydrogen-bond donors (Lipinski definition) is 1. The Labute approximate surface area is 134 Å². The van der Waals surface area contributed by atoms with Gasteiger partial charge in [0.15, 0.2) is 0 Å². The SMILES string of the molecule is O[C@@H](CO[C@H]1CCCc2ccccc21)CN1CCCCCC1. The average Bonchev–Trinajstić information content (AvgIpc) is 2.81. The smallest absolute Gasteiger partial charge is 0.0900 e. The molecule has 0 bridgehead atoms. The molecule has 1 saturated heterocycles. The predicted octanol–water partition coefficient (Wildman–Crippen LogP) is 3.32. The van der Waals surface area contributed by atoms with E-state index in [1.54, 1.807) is 0 Å². The Balaban J connectivity index is 1.48. The molecule has 1 fully saturated rings. The van der Waals surface area contributed by atoms with Gasteiger partial charge in [-0.2, -0.15) is 0 Å². The van der Waals surface area contributed by atoms with Gasteiger partial charge in [0, 0.05) is 6.54 Å². The van der Waals surface area contributed by atoms with Crippen molar-refractivity contribution < 1.29 is 9.84 Å². The van der Waals surface area contributed by atoms with Gasteiger partial charge in [0.2, 0.25) is 0 Å². The van der Waals surface area contributed by atoms with Crippen LogP contribution in [0.3, 0.4) is 0 Å². The Bertz CT molecular complexity index is 455. The third-order valence-corrected chi connectivity index (χ3v) is 4.97. The number of aliphatic hydroxyl groups excluding tert-OH is 1. The molecule has 3 rings (SSSR count). The fourth-order valence-corrected chi connectivity index (χ4v) is 3.78. The first-order valence-electron chi connectivity index (χ1n) is 8.93. The van der Waals surface area contributed by atoms with Gasteiger partial charge in [-0.05, 0) is 56.3 Å². The van der Waals surface area contributed by atoms with Gasteiger partial charge in [-0.15, -0.1) is 0 Å². The third kappa shape index (κ3) is 4.31. The maximum Gasteiger partial charge on any atom is 0.0900 e. The summed E-state index contributed by atoms with van der Waals surface area (Å²) in [5.74, 6) is 0. The molecule has 1 aliphatic carbocycles. The first-order valence-corrected chi connectivity index (χ1v) is 8.93. The van der Waals surface area contributed by atoms with Crippen LogP contribution in [0.1, 0.15) is 55.8 Å². The summed E-state index contributed by atoms with van der Waals surface area (Å²) in [5, 5.41) is 10.3. The van der Waals surface area contributed by atoms with Gasteiger partial charge >= 0.3 is 0 Å². The van der Waals surface area contributed by atoms with E-state index in [1.807, 2.05) is 0 Å². The van der Waals surface area contributed by atoms with Gasteiger partial charge in [-0.3, -0.25) is 0 Å². The molecule has 122 valence electrons. The largest absolute Gasteiger partial charge is 0.389 e. The number of aryl methyl sites for hydroxylation is 1. The van der Waals surface area contributed by atoms with Crippen LogP contribution in [0.25, 0.3) is 0 Å². The topological polar surface area (TPSA) is 32.7 Å². The molecule has 2 aliphatic rings. The summed E-state index contributed by atoms with van der Waals surface area (Å²) in [6.45, 7) is 3.47. The maximum atomic E-state index is 10.3. The summed E-state index contributed by atoms with van der Waals surface area (Å²) in [7, 11) is 0. The van der Waals surface area contributed by atoms with Crippen LogP contribution in [0.4, 0.5) is 0 Å². The number of hydrogen-bond acceptors (Lipinski definition) is 3. The highest BCUT2D eigenvalue weighted by atomic mass is 16.5. The number of β-amino-alcohol motifs (C(OH)–C–C–N with tert-alkyl or cyclic N) is 1. The van der Waals surface area contributed by atoms with Crippen LogP contribution in [-0.4, -0.2) is 42.4 Å². The highest BCUT2D eigenvalue weighted by Crippen LogP contribution is 2.32. The van der Waals surface area contributed by atoms with Crippen LogP contribution in [0, 0.1) is 0 Å². The van der Waals surface area contributed by atoms with Crippen molar-refractivity contribution >= 4 is 0 Å². The fourth-order valence-electron chi connectivity index (χ4n) is 3.78. The highest BCUT2D eigenvalue weighted by molar-refractivity contribution is 5.31. The van der Waals surface area contributed by atoms with Crippen molar-refractivity contribution in [1.82, 2.24) is 4.90 Å². The molecule has 0 saturated carbocycles. The van der Waals surface area contributed by atoms with Gasteiger partial charge in [-0.1, -0.05) is 37.1 Å². The second-order valence-corrected chi connectivity index (χ2v) is 6.78. The number of ether oxygens (including phenoxy) is 1. The standard InChI is InChI=1S/C19H29NO2/c21-17(14-20-12-5-1-2-6-13-20)15-22-19-11-7-9-16-8-3-4-10-18(16)19/h3-4,8,10,17,19,21H,1-2,5-7,9,11-15H2/t17-,19+/m1/s1. The molecule has 1 aromatic carbocycles. The van der Waals surface area contributed by atoms with E-state index in [4.69, 9.17) is 4.74 Å². The molecule has 1 aliphatic heterocycles. The Morgan fingerprint density at radius 1 is 1.09 bits per heavy atom. The van der Waals surface area contributed by atoms with Crippen LogP contribution in [0.15, 0.2) is 24.3 Å². The summed E-state index contributed by atoms with van der Waals surface area (Å²) in [6.07, 6.45) is 8.43. The van der Waals surface area contributed by atoms with Crippen molar-refractivity contribution in [2.45, 2.75) is 57.2 Å². The molecule has 22 heavy (non-hydrogen) atoms. The Morgan fingerprint density at radius 2 is 1.86 bits per heavy atom. The van der Waals surface area contributed by atoms with Crippen molar-refractivity contribution in [2.75, 3.05) is 26.2 Å². The molecule has 0 amide bonds. The number of likely N-dealkylation sites (tertiary alicyclic amines) is 1. The van der Waals surface area contributed by atoms with Gasteiger partial charge in [0.05, 0.1) is 18.8 Å². The number of rotatable bonds is 5. The lowest BCUT2D eigenvalue weighted by atomic mass is 9.89. The molecule has 1 N–H and O–H groups in total. The second-order valence-electron chi connectivity index (χ2n) is 6.78. The van der Waals surface area contributed by atoms with E-state index >= 15 is 0 Å². The quantitative estimate of drug-likeness (QED) is 0.906.